The summed E-state index contributed by atoms with van der Waals surface area (Å²) in [6.45, 7) is 1.07. The van der Waals surface area contributed by atoms with Crippen LogP contribution in [0.15, 0.2) is 24.3 Å². The summed E-state index contributed by atoms with van der Waals surface area (Å²) in [4.78, 5) is 0.459. The molecular weight excluding hydrogens is 216 g/mol. The molecule has 1 aliphatic carbocycles. The summed E-state index contributed by atoms with van der Waals surface area (Å²) < 4.78 is 0. The summed E-state index contributed by atoms with van der Waals surface area (Å²) in [5.41, 5.74) is 7.62. The third-order valence-electron chi connectivity index (χ3n) is 3.28. The van der Waals surface area contributed by atoms with E-state index < -0.39 is 0 Å². The fourth-order valence-electron chi connectivity index (χ4n) is 1.95. The lowest BCUT2D eigenvalue weighted by Crippen LogP contribution is -2.15. The van der Waals surface area contributed by atoms with Crippen molar-refractivity contribution in [3.05, 3.63) is 29.8 Å². The molecule has 3 N–H and O–H groups in total. The van der Waals surface area contributed by atoms with Gasteiger partial charge in [0.15, 0.2) is 0 Å². The van der Waals surface area contributed by atoms with Crippen molar-refractivity contribution in [3.8, 4) is 0 Å². The molecule has 16 heavy (non-hydrogen) atoms. The van der Waals surface area contributed by atoms with Gasteiger partial charge in [-0.3, -0.25) is 0 Å². The van der Waals surface area contributed by atoms with Crippen molar-refractivity contribution in [3.63, 3.8) is 0 Å². The van der Waals surface area contributed by atoms with E-state index in [4.69, 9.17) is 18.0 Å². The van der Waals surface area contributed by atoms with Gasteiger partial charge in [-0.05, 0) is 36.6 Å². The van der Waals surface area contributed by atoms with E-state index in [-0.39, 0.29) is 0 Å². The molecule has 0 heterocycles. The maximum atomic E-state index is 5.54. The summed E-state index contributed by atoms with van der Waals surface area (Å²) in [6.07, 6.45) is 5.55. The Morgan fingerprint density at radius 3 is 2.50 bits per heavy atom. The Hall–Kier alpha value is -1.09. The number of nitrogens with two attached hydrogens (primary N) is 1. The molecule has 0 aromatic heterocycles. The lowest BCUT2D eigenvalue weighted by molar-refractivity contribution is 0.303. The molecule has 1 saturated carbocycles. The smallest absolute Gasteiger partial charge is 0.103 e. The van der Waals surface area contributed by atoms with Gasteiger partial charge in [0.1, 0.15) is 4.99 Å². The molecule has 0 amide bonds. The number of benzene rings is 1. The second-order valence-electron chi connectivity index (χ2n) is 4.45. The number of rotatable bonds is 5. The normalized spacial score (nSPS) is 15.5. The Labute approximate surface area is 102 Å². The molecule has 2 nitrogen and oxygen atoms in total. The number of thiocarbonyl (C=S) groups is 1. The van der Waals surface area contributed by atoms with Gasteiger partial charge in [-0.1, -0.05) is 31.5 Å². The van der Waals surface area contributed by atoms with Crippen LogP contribution >= 0.6 is 12.2 Å². The van der Waals surface area contributed by atoms with Gasteiger partial charge in [-0.25, -0.2) is 0 Å². The Morgan fingerprint density at radius 1 is 1.31 bits per heavy atom. The molecule has 86 valence electrons. The molecule has 1 aromatic rings. The van der Waals surface area contributed by atoms with Gasteiger partial charge in [0.25, 0.3) is 0 Å². The predicted octanol–water partition coefficient (Wildman–Crippen LogP) is 2.92. The van der Waals surface area contributed by atoms with Gasteiger partial charge in [0.2, 0.25) is 0 Å². The Balaban J connectivity index is 1.78. The van der Waals surface area contributed by atoms with Gasteiger partial charge in [-0.15, -0.1) is 0 Å². The predicted molar refractivity (Wildman–Crippen MR) is 72.8 cm³/mol. The van der Waals surface area contributed by atoms with Crippen LogP contribution in [0, 0.1) is 5.92 Å². The fourth-order valence-corrected chi connectivity index (χ4v) is 2.09. The molecule has 0 unspecified atom stereocenters. The van der Waals surface area contributed by atoms with Crippen LogP contribution < -0.4 is 11.1 Å². The molecule has 1 aromatic carbocycles. The van der Waals surface area contributed by atoms with E-state index in [9.17, 15) is 0 Å². The average Bonchev–Trinajstić information content (AvgIpc) is 2.22. The zero-order chi connectivity index (χ0) is 11.4. The first-order chi connectivity index (χ1) is 7.75. The van der Waals surface area contributed by atoms with Crippen LogP contribution in [-0.2, 0) is 0 Å². The van der Waals surface area contributed by atoms with E-state index in [2.05, 4.69) is 5.32 Å². The maximum absolute atomic E-state index is 5.54. The number of hydrogen-bond acceptors (Lipinski definition) is 2. The van der Waals surface area contributed by atoms with Gasteiger partial charge in [-0.2, -0.15) is 0 Å². The molecule has 0 bridgehead atoms. The second-order valence-corrected chi connectivity index (χ2v) is 4.89. The fraction of sp³-hybridized carbons (Fsp3) is 0.462. The van der Waals surface area contributed by atoms with E-state index in [1.807, 2.05) is 24.3 Å². The van der Waals surface area contributed by atoms with Crippen molar-refractivity contribution in [2.45, 2.75) is 25.7 Å². The second kappa shape index (κ2) is 5.30. The lowest BCUT2D eigenvalue weighted by Gasteiger charge is -2.25. The quantitative estimate of drug-likeness (QED) is 0.769. The monoisotopic (exact) mass is 234 g/mol. The van der Waals surface area contributed by atoms with Crippen LogP contribution in [0.1, 0.15) is 31.2 Å². The van der Waals surface area contributed by atoms with E-state index >= 15 is 0 Å². The zero-order valence-electron chi connectivity index (χ0n) is 9.41. The molecule has 0 saturated heterocycles. The van der Waals surface area contributed by atoms with Crippen LogP contribution in [0.3, 0.4) is 0 Å². The highest BCUT2D eigenvalue weighted by Crippen LogP contribution is 2.29. The molecule has 3 heteroatoms. The third-order valence-corrected chi connectivity index (χ3v) is 3.51. The molecule has 2 rings (SSSR count). The van der Waals surface area contributed by atoms with E-state index in [0.717, 1.165) is 23.7 Å². The van der Waals surface area contributed by atoms with Crippen molar-refractivity contribution in [2.75, 3.05) is 11.9 Å². The minimum atomic E-state index is 0.459. The van der Waals surface area contributed by atoms with Gasteiger partial charge >= 0.3 is 0 Å². The molecule has 1 fully saturated rings. The topological polar surface area (TPSA) is 38.0 Å². The molecular formula is C13H18N2S. The summed E-state index contributed by atoms with van der Waals surface area (Å²) in [5, 5.41) is 3.43. The standard InChI is InChI=1S/C13H18N2S/c14-13(16)11-4-6-12(7-5-11)15-9-8-10-2-1-3-10/h4-7,10,15H,1-3,8-9H2,(H2,14,16). The SMILES string of the molecule is NC(=S)c1ccc(NCCC2CCC2)cc1. The Kier molecular flexibility index (Phi) is 3.78. The Morgan fingerprint density at radius 2 is 2.00 bits per heavy atom. The summed E-state index contributed by atoms with van der Waals surface area (Å²) in [5.74, 6) is 0.961. The van der Waals surface area contributed by atoms with Crippen LogP contribution in [-0.4, -0.2) is 11.5 Å². The molecule has 0 atom stereocenters. The lowest BCUT2D eigenvalue weighted by atomic mass is 9.83. The first-order valence-electron chi connectivity index (χ1n) is 5.89. The Bertz CT molecular complexity index is 355. The van der Waals surface area contributed by atoms with Crippen molar-refractivity contribution >= 4 is 22.9 Å². The number of anilines is 1. The van der Waals surface area contributed by atoms with Gasteiger partial charge < -0.3 is 11.1 Å². The summed E-state index contributed by atoms with van der Waals surface area (Å²) in [6, 6.07) is 8.01. The average molecular weight is 234 g/mol. The zero-order valence-corrected chi connectivity index (χ0v) is 10.2. The van der Waals surface area contributed by atoms with Crippen LogP contribution in [0.25, 0.3) is 0 Å². The molecule has 0 aliphatic heterocycles. The van der Waals surface area contributed by atoms with Gasteiger partial charge in [0.05, 0.1) is 0 Å². The first-order valence-corrected chi connectivity index (χ1v) is 6.30. The minimum Gasteiger partial charge on any atom is -0.389 e. The van der Waals surface area contributed by atoms with Crippen LogP contribution in [0.5, 0.6) is 0 Å². The van der Waals surface area contributed by atoms with Crippen molar-refractivity contribution < 1.29 is 0 Å². The summed E-state index contributed by atoms with van der Waals surface area (Å²) in [7, 11) is 0. The third kappa shape index (κ3) is 2.95. The van der Waals surface area contributed by atoms with Crippen LogP contribution in [0.2, 0.25) is 0 Å². The maximum Gasteiger partial charge on any atom is 0.103 e. The highest BCUT2D eigenvalue weighted by atomic mass is 32.1. The van der Waals surface area contributed by atoms with Gasteiger partial charge in [0, 0.05) is 17.8 Å². The van der Waals surface area contributed by atoms with Crippen molar-refractivity contribution in [1.82, 2.24) is 0 Å². The van der Waals surface area contributed by atoms with E-state index in [1.165, 1.54) is 25.7 Å². The van der Waals surface area contributed by atoms with E-state index in [0.29, 0.717) is 4.99 Å². The molecule has 1 aliphatic rings. The number of nitrogens with one attached hydrogen (secondary N) is 1. The van der Waals surface area contributed by atoms with Crippen molar-refractivity contribution in [2.24, 2.45) is 11.7 Å². The summed E-state index contributed by atoms with van der Waals surface area (Å²) >= 11 is 4.91. The highest BCUT2D eigenvalue weighted by molar-refractivity contribution is 7.80. The molecule has 0 spiro atoms. The van der Waals surface area contributed by atoms with Crippen molar-refractivity contribution in [1.29, 1.82) is 0 Å². The first kappa shape index (κ1) is 11.4. The van der Waals surface area contributed by atoms with E-state index in [1.54, 1.807) is 0 Å². The largest absolute Gasteiger partial charge is 0.389 e. The highest BCUT2D eigenvalue weighted by Gasteiger charge is 2.16. The minimum absolute atomic E-state index is 0.459. The molecule has 0 radical (unpaired) electrons. The van der Waals surface area contributed by atoms with Crippen LogP contribution in [0.4, 0.5) is 5.69 Å². The number of hydrogen-bond donors (Lipinski definition) is 2.